The van der Waals surface area contributed by atoms with Gasteiger partial charge in [0.2, 0.25) is 0 Å². The van der Waals surface area contributed by atoms with Crippen molar-refractivity contribution in [1.29, 1.82) is 0 Å². The van der Waals surface area contributed by atoms with E-state index in [4.69, 9.17) is 9.47 Å². The first-order valence-corrected chi connectivity index (χ1v) is 6.61. The molecule has 0 amide bonds. The normalized spacial score (nSPS) is 35.8. The number of likely N-dealkylation sites (N-methyl/N-ethyl adjacent to an activating group) is 1. The molecule has 0 aromatic rings. The maximum atomic E-state index is 10.6. The van der Waals surface area contributed by atoms with E-state index in [0.717, 1.165) is 6.42 Å². The molecule has 1 heterocycles. The summed E-state index contributed by atoms with van der Waals surface area (Å²) in [5, 5.41) is 20.0. The number of ether oxygens (including phenoxy) is 2. The summed E-state index contributed by atoms with van der Waals surface area (Å²) in [7, 11) is 7.77. The Morgan fingerprint density at radius 1 is 1.21 bits per heavy atom. The van der Waals surface area contributed by atoms with Gasteiger partial charge in [0.1, 0.15) is 18.2 Å². The van der Waals surface area contributed by atoms with Crippen molar-refractivity contribution in [3.05, 3.63) is 0 Å². The predicted octanol–water partition coefficient (Wildman–Crippen LogP) is -3.14. The summed E-state index contributed by atoms with van der Waals surface area (Å²) < 4.78 is 11.7. The van der Waals surface area contributed by atoms with Gasteiger partial charge in [-0.25, -0.2) is 0 Å². The Morgan fingerprint density at radius 3 is 2.16 bits per heavy atom. The molecule has 1 rings (SSSR count). The minimum atomic E-state index is -0.485. The van der Waals surface area contributed by atoms with Crippen LogP contribution in [-0.2, 0) is 9.47 Å². The number of methoxy groups -OCH3 is 1. The Balaban J connectivity index is 0.00000324. The van der Waals surface area contributed by atoms with Gasteiger partial charge in [-0.2, -0.15) is 0 Å². The van der Waals surface area contributed by atoms with Gasteiger partial charge in [0.25, 0.3) is 0 Å². The van der Waals surface area contributed by atoms with Gasteiger partial charge in [0.05, 0.1) is 40.5 Å². The monoisotopic (exact) mass is 297 g/mol. The average Bonchev–Trinajstić information content (AvgIpc) is 2.26. The summed E-state index contributed by atoms with van der Waals surface area (Å²) >= 11 is 0. The van der Waals surface area contributed by atoms with E-state index in [-0.39, 0.29) is 43.2 Å². The topological polar surface area (TPSA) is 58.9 Å². The number of rotatable bonds is 5. The molecule has 19 heavy (non-hydrogen) atoms. The van der Waals surface area contributed by atoms with Gasteiger partial charge in [-0.3, -0.25) is 0 Å². The van der Waals surface area contributed by atoms with Crippen LogP contribution >= 0.6 is 0 Å². The van der Waals surface area contributed by atoms with Gasteiger partial charge >= 0.3 is 0 Å². The van der Waals surface area contributed by atoms with Gasteiger partial charge in [0, 0.05) is 13.0 Å². The zero-order chi connectivity index (χ0) is 13.9. The Kier molecular flexibility index (Phi) is 7.80. The highest BCUT2D eigenvalue weighted by molar-refractivity contribution is 4.92. The van der Waals surface area contributed by atoms with Crippen LogP contribution in [0.2, 0.25) is 0 Å². The van der Waals surface area contributed by atoms with E-state index >= 15 is 0 Å². The molecule has 1 saturated heterocycles. The summed E-state index contributed by atoms with van der Waals surface area (Å²) in [5.41, 5.74) is 0. The molecule has 6 heteroatoms. The number of halogens is 1. The van der Waals surface area contributed by atoms with Gasteiger partial charge in [-0.05, 0) is 6.42 Å². The fraction of sp³-hybridized carbons (Fsp3) is 1.00. The van der Waals surface area contributed by atoms with Crippen molar-refractivity contribution in [2.45, 2.75) is 37.7 Å². The maximum absolute atomic E-state index is 10.6. The lowest BCUT2D eigenvalue weighted by Crippen LogP contribution is -3.00. The molecule has 0 aromatic carbocycles. The highest BCUT2D eigenvalue weighted by atomic mass is 35.5. The van der Waals surface area contributed by atoms with Crippen LogP contribution in [0.3, 0.4) is 0 Å². The van der Waals surface area contributed by atoms with Crippen molar-refractivity contribution in [3.8, 4) is 0 Å². The first kappa shape index (κ1) is 19.1. The zero-order valence-corrected chi connectivity index (χ0v) is 13.3. The Hall–Kier alpha value is 0.0900. The largest absolute Gasteiger partial charge is 1.00 e. The van der Waals surface area contributed by atoms with Crippen LogP contribution in [0.5, 0.6) is 0 Å². The number of quaternary nitrogens is 1. The molecule has 0 spiro atoms. The molecule has 1 fully saturated rings. The minimum Gasteiger partial charge on any atom is -1.00 e. The lowest BCUT2D eigenvalue weighted by atomic mass is 9.82. The van der Waals surface area contributed by atoms with Crippen LogP contribution in [0.1, 0.15) is 13.3 Å². The van der Waals surface area contributed by atoms with Crippen LogP contribution in [0.15, 0.2) is 0 Å². The first-order valence-electron chi connectivity index (χ1n) is 6.61. The third kappa shape index (κ3) is 4.28. The summed E-state index contributed by atoms with van der Waals surface area (Å²) in [6, 6.07) is -0.0438. The van der Waals surface area contributed by atoms with Crippen molar-refractivity contribution in [2.24, 2.45) is 5.92 Å². The number of aliphatic hydroxyl groups is 2. The quantitative estimate of drug-likeness (QED) is 0.527. The molecule has 5 nitrogen and oxygen atoms in total. The fourth-order valence-corrected chi connectivity index (χ4v) is 3.04. The second kappa shape index (κ2) is 7.76. The van der Waals surface area contributed by atoms with E-state index < -0.39 is 6.10 Å². The molecule has 0 aromatic heterocycles. The van der Waals surface area contributed by atoms with E-state index in [2.05, 4.69) is 0 Å². The van der Waals surface area contributed by atoms with Crippen LogP contribution in [0, 0.1) is 5.92 Å². The van der Waals surface area contributed by atoms with E-state index in [1.54, 1.807) is 7.11 Å². The number of aliphatic hydroxyl groups excluding tert-OH is 2. The van der Waals surface area contributed by atoms with Crippen molar-refractivity contribution in [1.82, 2.24) is 0 Å². The Morgan fingerprint density at radius 2 is 1.79 bits per heavy atom. The predicted molar refractivity (Wildman–Crippen MR) is 69.2 cm³/mol. The second-order valence-corrected chi connectivity index (χ2v) is 6.02. The molecule has 0 radical (unpaired) electrons. The van der Waals surface area contributed by atoms with Crippen LogP contribution in [0.25, 0.3) is 0 Å². The molecule has 116 valence electrons. The summed E-state index contributed by atoms with van der Waals surface area (Å²) in [5.74, 6) is -0.0227. The van der Waals surface area contributed by atoms with Gasteiger partial charge in [-0.15, -0.1) is 0 Å². The van der Waals surface area contributed by atoms with Crippen LogP contribution in [0.4, 0.5) is 0 Å². The van der Waals surface area contributed by atoms with Gasteiger partial charge in [0.15, 0.2) is 0 Å². The molecule has 2 N–H and O–H groups in total. The molecule has 0 bridgehead atoms. The summed E-state index contributed by atoms with van der Waals surface area (Å²) in [6.45, 7) is 2.40. The van der Waals surface area contributed by atoms with Gasteiger partial charge in [-0.1, -0.05) is 6.92 Å². The van der Waals surface area contributed by atoms with Crippen molar-refractivity contribution < 1.29 is 36.6 Å². The molecule has 1 aliphatic rings. The van der Waals surface area contributed by atoms with Crippen LogP contribution in [-0.4, -0.2) is 80.5 Å². The Labute approximate surface area is 122 Å². The molecule has 5 unspecified atom stereocenters. The highest BCUT2D eigenvalue weighted by Gasteiger charge is 2.50. The lowest BCUT2D eigenvalue weighted by molar-refractivity contribution is -0.906. The van der Waals surface area contributed by atoms with Crippen LogP contribution < -0.4 is 12.4 Å². The first-order chi connectivity index (χ1) is 8.36. The van der Waals surface area contributed by atoms with E-state index in [9.17, 15) is 10.2 Å². The fourth-order valence-electron chi connectivity index (χ4n) is 3.04. The van der Waals surface area contributed by atoms with E-state index in [0.29, 0.717) is 11.1 Å². The number of nitrogens with zero attached hydrogens (tertiary/aromatic N) is 1. The third-order valence-electron chi connectivity index (χ3n) is 3.87. The molecular formula is C13H28ClNO4. The molecule has 0 aliphatic carbocycles. The Bertz CT molecular complexity index is 258. The van der Waals surface area contributed by atoms with E-state index in [1.165, 1.54) is 0 Å². The molecule has 0 saturated carbocycles. The molecular weight excluding hydrogens is 270 g/mol. The second-order valence-electron chi connectivity index (χ2n) is 6.02. The average molecular weight is 298 g/mol. The van der Waals surface area contributed by atoms with Crippen molar-refractivity contribution in [2.75, 3.05) is 41.5 Å². The van der Waals surface area contributed by atoms with Crippen molar-refractivity contribution >= 4 is 0 Å². The minimum absolute atomic E-state index is 0. The molecule has 5 atom stereocenters. The van der Waals surface area contributed by atoms with Gasteiger partial charge < -0.3 is 36.6 Å². The maximum Gasteiger partial charge on any atom is 0.144 e. The smallest absolute Gasteiger partial charge is 0.144 e. The molecule has 1 aliphatic heterocycles. The standard InChI is InChI=1S/C13H28NO4.ClH/c1-6-9-10(7-15)18-11(8-17-5)12(13(9)16)14(2,3)4;/h9-13,15-16H,6-8H2,1-5H3;1H/q+1;/p-1. The SMILES string of the molecule is CCC1C(CO)OC(COC)C([N+](C)(C)C)C1O.[Cl-]. The summed E-state index contributed by atoms with van der Waals surface area (Å²) in [6.07, 6.45) is -0.179. The zero-order valence-electron chi connectivity index (χ0n) is 12.5. The number of hydrogen-bond donors (Lipinski definition) is 2. The highest BCUT2D eigenvalue weighted by Crippen LogP contribution is 2.32. The third-order valence-corrected chi connectivity index (χ3v) is 3.87. The summed E-state index contributed by atoms with van der Waals surface area (Å²) in [4.78, 5) is 0. The van der Waals surface area contributed by atoms with Crippen molar-refractivity contribution in [3.63, 3.8) is 0 Å². The lowest BCUT2D eigenvalue weighted by Gasteiger charge is -2.49. The number of hydrogen-bond acceptors (Lipinski definition) is 4. The van der Waals surface area contributed by atoms with E-state index in [1.807, 2.05) is 28.1 Å².